The zero-order valence-electron chi connectivity index (χ0n) is 11.2. The fourth-order valence-electron chi connectivity index (χ4n) is 1.73. The molecule has 0 bridgehead atoms. The Bertz CT molecular complexity index is 621. The van der Waals surface area contributed by atoms with E-state index in [4.69, 9.17) is 5.73 Å². The van der Waals surface area contributed by atoms with Crippen LogP contribution in [0.3, 0.4) is 0 Å². The van der Waals surface area contributed by atoms with Gasteiger partial charge in [0.25, 0.3) is 0 Å². The van der Waals surface area contributed by atoms with Crippen molar-refractivity contribution in [3.63, 3.8) is 0 Å². The number of carbonyl (C=O) groups is 1. The number of rotatable bonds is 5. The molecule has 0 aliphatic heterocycles. The van der Waals surface area contributed by atoms with Crippen LogP contribution in [0, 0.1) is 0 Å². The van der Waals surface area contributed by atoms with Crippen molar-refractivity contribution < 1.29 is 4.79 Å². The summed E-state index contributed by atoms with van der Waals surface area (Å²) in [6.07, 6.45) is 2.05. The number of nitrogens with one attached hydrogen (secondary N) is 1. The van der Waals surface area contributed by atoms with Crippen molar-refractivity contribution in [1.29, 1.82) is 0 Å². The number of nitrogens with two attached hydrogens (primary N) is 1. The Morgan fingerprint density at radius 1 is 1.60 bits per heavy atom. The summed E-state index contributed by atoms with van der Waals surface area (Å²) in [6.45, 7) is 3.56. The molecule has 1 atom stereocenters. The SMILES string of the molecule is C=CCC(N)C(=O)Nc1cccc(-c2nnnn2C)c1. The zero-order valence-corrected chi connectivity index (χ0v) is 11.2. The second-order valence-corrected chi connectivity index (χ2v) is 4.33. The van der Waals surface area contributed by atoms with E-state index in [0.717, 1.165) is 5.56 Å². The molecule has 0 fully saturated rings. The van der Waals surface area contributed by atoms with Crippen molar-refractivity contribution in [2.75, 3.05) is 5.32 Å². The molecular weight excluding hydrogens is 256 g/mol. The van der Waals surface area contributed by atoms with Crippen LogP contribution < -0.4 is 11.1 Å². The van der Waals surface area contributed by atoms with E-state index in [0.29, 0.717) is 17.9 Å². The summed E-state index contributed by atoms with van der Waals surface area (Å²) in [5, 5.41) is 14.0. The van der Waals surface area contributed by atoms with Gasteiger partial charge >= 0.3 is 0 Å². The van der Waals surface area contributed by atoms with Gasteiger partial charge < -0.3 is 11.1 Å². The Kier molecular flexibility index (Phi) is 4.21. The normalized spacial score (nSPS) is 11.9. The maximum Gasteiger partial charge on any atom is 0.241 e. The van der Waals surface area contributed by atoms with Gasteiger partial charge in [0, 0.05) is 18.3 Å². The standard InChI is InChI=1S/C13H16N6O/c1-3-5-11(14)13(20)15-10-7-4-6-9(8-10)12-16-17-18-19(12)2/h3-4,6-8,11H,1,5,14H2,2H3,(H,15,20). The molecule has 1 aromatic carbocycles. The highest BCUT2D eigenvalue weighted by Gasteiger charge is 2.12. The van der Waals surface area contributed by atoms with Crippen LogP contribution in [-0.2, 0) is 11.8 Å². The molecular formula is C13H16N6O. The van der Waals surface area contributed by atoms with Gasteiger partial charge in [0.2, 0.25) is 5.91 Å². The molecule has 1 aromatic heterocycles. The summed E-state index contributed by atoms with van der Waals surface area (Å²) in [5.41, 5.74) is 7.17. The van der Waals surface area contributed by atoms with Gasteiger partial charge in [-0.05, 0) is 29.0 Å². The highest BCUT2D eigenvalue weighted by molar-refractivity contribution is 5.95. The number of amides is 1. The minimum absolute atomic E-state index is 0.252. The topological polar surface area (TPSA) is 98.7 Å². The highest BCUT2D eigenvalue weighted by atomic mass is 16.2. The van der Waals surface area contributed by atoms with Crippen LogP contribution >= 0.6 is 0 Å². The van der Waals surface area contributed by atoms with Crippen LogP contribution in [0.2, 0.25) is 0 Å². The Morgan fingerprint density at radius 3 is 3.05 bits per heavy atom. The fourth-order valence-corrected chi connectivity index (χ4v) is 1.73. The second-order valence-electron chi connectivity index (χ2n) is 4.33. The van der Waals surface area contributed by atoms with Crippen LogP contribution in [0.4, 0.5) is 5.69 Å². The minimum atomic E-state index is -0.604. The molecule has 0 radical (unpaired) electrons. The average Bonchev–Trinajstić information content (AvgIpc) is 2.85. The van der Waals surface area contributed by atoms with E-state index in [2.05, 4.69) is 27.4 Å². The molecule has 0 aliphatic rings. The molecule has 2 rings (SSSR count). The molecule has 0 saturated carbocycles. The summed E-state index contributed by atoms with van der Waals surface area (Å²) in [5.74, 6) is 0.370. The number of tetrazole rings is 1. The lowest BCUT2D eigenvalue weighted by atomic mass is 10.1. The third kappa shape index (κ3) is 3.07. The van der Waals surface area contributed by atoms with Crippen molar-refractivity contribution in [2.45, 2.75) is 12.5 Å². The monoisotopic (exact) mass is 272 g/mol. The van der Waals surface area contributed by atoms with E-state index in [9.17, 15) is 4.79 Å². The predicted octanol–water partition coefficient (Wildman–Crippen LogP) is 0.719. The number of benzene rings is 1. The molecule has 3 N–H and O–H groups in total. The van der Waals surface area contributed by atoms with E-state index in [1.54, 1.807) is 29.9 Å². The number of hydrogen-bond donors (Lipinski definition) is 2. The van der Waals surface area contributed by atoms with Gasteiger partial charge in [0.05, 0.1) is 6.04 Å². The lowest BCUT2D eigenvalue weighted by Gasteiger charge is -2.11. The van der Waals surface area contributed by atoms with Gasteiger partial charge in [-0.15, -0.1) is 11.7 Å². The van der Waals surface area contributed by atoms with Gasteiger partial charge in [0.1, 0.15) is 0 Å². The predicted molar refractivity (Wildman–Crippen MR) is 75.7 cm³/mol. The van der Waals surface area contributed by atoms with Crippen LogP contribution in [0.5, 0.6) is 0 Å². The van der Waals surface area contributed by atoms with Crippen molar-refractivity contribution >= 4 is 11.6 Å². The van der Waals surface area contributed by atoms with E-state index in [1.807, 2.05) is 12.1 Å². The number of nitrogens with zero attached hydrogens (tertiary/aromatic N) is 4. The molecule has 2 aromatic rings. The smallest absolute Gasteiger partial charge is 0.241 e. The largest absolute Gasteiger partial charge is 0.325 e. The Morgan fingerprint density at radius 2 is 2.40 bits per heavy atom. The molecule has 0 aliphatic carbocycles. The maximum absolute atomic E-state index is 11.8. The van der Waals surface area contributed by atoms with Gasteiger partial charge in [-0.25, -0.2) is 4.68 Å². The van der Waals surface area contributed by atoms with Crippen LogP contribution in [-0.4, -0.2) is 32.2 Å². The summed E-state index contributed by atoms with van der Waals surface area (Å²) < 4.78 is 1.56. The Hall–Kier alpha value is -2.54. The average molecular weight is 272 g/mol. The molecule has 1 heterocycles. The molecule has 20 heavy (non-hydrogen) atoms. The first-order valence-electron chi connectivity index (χ1n) is 6.12. The second kappa shape index (κ2) is 6.07. The van der Waals surface area contributed by atoms with Gasteiger partial charge in [-0.1, -0.05) is 18.2 Å². The molecule has 104 valence electrons. The van der Waals surface area contributed by atoms with Crippen LogP contribution in [0.25, 0.3) is 11.4 Å². The molecule has 7 heteroatoms. The molecule has 7 nitrogen and oxygen atoms in total. The number of aryl methyl sites for hydroxylation is 1. The summed E-state index contributed by atoms with van der Waals surface area (Å²) >= 11 is 0. The van der Waals surface area contributed by atoms with Gasteiger partial charge in [-0.2, -0.15) is 0 Å². The first-order chi connectivity index (χ1) is 9.61. The maximum atomic E-state index is 11.8. The quantitative estimate of drug-likeness (QED) is 0.781. The number of carbonyl (C=O) groups excluding carboxylic acids is 1. The molecule has 1 amide bonds. The van der Waals surface area contributed by atoms with Gasteiger partial charge in [0.15, 0.2) is 5.82 Å². The number of hydrogen-bond acceptors (Lipinski definition) is 5. The summed E-state index contributed by atoms with van der Waals surface area (Å²) in [4.78, 5) is 11.8. The van der Waals surface area contributed by atoms with E-state index in [-0.39, 0.29) is 5.91 Å². The first-order valence-corrected chi connectivity index (χ1v) is 6.12. The Labute approximate surface area is 116 Å². The highest BCUT2D eigenvalue weighted by Crippen LogP contribution is 2.19. The molecule has 0 saturated heterocycles. The Balaban J connectivity index is 2.17. The van der Waals surface area contributed by atoms with Crippen LogP contribution in [0.15, 0.2) is 36.9 Å². The molecule has 0 spiro atoms. The molecule has 1 unspecified atom stereocenters. The van der Waals surface area contributed by atoms with E-state index >= 15 is 0 Å². The first kappa shape index (κ1) is 13.9. The summed E-state index contributed by atoms with van der Waals surface area (Å²) in [7, 11) is 1.75. The lowest BCUT2D eigenvalue weighted by Crippen LogP contribution is -2.35. The van der Waals surface area contributed by atoms with Crippen molar-refractivity contribution in [3.8, 4) is 11.4 Å². The van der Waals surface area contributed by atoms with Gasteiger partial charge in [-0.3, -0.25) is 4.79 Å². The van der Waals surface area contributed by atoms with Crippen LogP contribution in [0.1, 0.15) is 6.42 Å². The zero-order chi connectivity index (χ0) is 14.5. The van der Waals surface area contributed by atoms with Crippen molar-refractivity contribution in [2.24, 2.45) is 12.8 Å². The number of anilines is 1. The summed E-state index contributed by atoms with van der Waals surface area (Å²) in [6, 6.07) is 6.66. The minimum Gasteiger partial charge on any atom is -0.325 e. The lowest BCUT2D eigenvalue weighted by molar-refractivity contribution is -0.117. The van der Waals surface area contributed by atoms with Crippen molar-refractivity contribution in [3.05, 3.63) is 36.9 Å². The fraction of sp³-hybridized carbons (Fsp3) is 0.231. The number of aromatic nitrogens is 4. The van der Waals surface area contributed by atoms with E-state index < -0.39 is 6.04 Å². The third-order valence-corrected chi connectivity index (χ3v) is 2.77. The van der Waals surface area contributed by atoms with E-state index in [1.165, 1.54) is 0 Å². The third-order valence-electron chi connectivity index (χ3n) is 2.77. The van der Waals surface area contributed by atoms with Crippen molar-refractivity contribution in [1.82, 2.24) is 20.2 Å².